The molecule has 0 aliphatic rings. The van der Waals surface area contributed by atoms with E-state index in [0.29, 0.717) is 18.6 Å². The van der Waals surface area contributed by atoms with Crippen molar-refractivity contribution in [2.24, 2.45) is 5.92 Å². The fraction of sp³-hybridized carbons (Fsp3) is 0.667. The molecule has 0 aliphatic heterocycles. The average molecular weight is 277 g/mol. The van der Waals surface area contributed by atoms with E-state index in [0.717, 1.165) is 13.0 Å². The molecule has 0 saturated heterocycles. The molecule has 0 saturated carbocycles. The molecular weight excluding hydrogens is 246 g/mol. The molecule has 2 N–H and O–H groups in total. The van der Waals surface area contributed by atoms with Crippen molar-refractivity contribution in [1.29, 1.82) is 0 Å². The molecule has 2 unspecified atom stereocenters. The molecule has 0 aliphatic carbocycles. The Morgan fingerprint density at radius 2 is 1.70 bits per heavy atom. The van der Waals surface area contributed by atoms with Crippen LogP contribution >= 0.6 is 0 Å². The van der Waals surface area contributed by atoms with E-state index in [-0.39, 0.29) is 0 Å². The van der Waals surface area contributed by atoms with Gasteiger partial charge < -0.3 is 10.4 Å². The molecule has 1 aromatic rings. The van der Waals surface area contributed by atoms with Crippen LogP contribution < -0.4 is 5.32 Å². The lowest BCUT2D eigenvalue weighted by molar-refractivity contribution is 0.245. The Bertz CT molecular complexity index is 408. The highest BCUT2D eigenvalue weighted by molar-refractivity contribution is 5.37. The summed E-state index contributed by atoms with van der Waals surface area (Å²) in [6.07, 6.45) is 3.27. The minimum atomic E-state index is 0.295. The first-order chi connectivity index (χ1) is 9.49. The van der Waals surface area contributed by atoms with Crippen LogP contribution in [0.15, 0.2) is 12.1 Å². The summed E-state index contributed by atoms with van der Waals surface area (Å²) < 4.78 is 0. The van der Waals surface area contributed by atoms with Crippen molar-refractivity contribution < 1.29 is 5.11 Å². The largest absolute Gasteiger partial charge is 0.396 e. The molecule has 2 heteroatoms. The second-order valence-corrected chi connectivity index (χ2v) is 6.09. The molecule has 0 aromatic heterocycles. The SMILES string of the molecule is CCCC(CCO)CNC(C)c1cc(C)c(C)cc1C. The van der Waals surface area contributed by atoms with Gasteiger partial charge in [0, 0.05) is 12.6 Å². The third kappa shape index (κ3) is 4.92. The van der Waals surface area contributed by atoms with Crippen molar-refractivity contribution >= 4 is 0 Å². The van der Waals surface area contributed by atoms with Crippen molar-refractivity contribution in [2.75, 3.05) is 13.2 Å². The topological polar surface area (TPSA) is 32.3 Å². The maximum Gasteiger partial charge on any atom is 0.0434 e. The number of hydrogen-bond acceptors (Lipinski definition) is 2. The van der Waals surface area contributed by atoms with Crippen LogP contribution in [-0.4, -0.2) is 18.3 Å². The van der Waals surface area contributed by atoms with Crippen LogP contribution in [-0.2, 0) is 0 Å². The van der Waals surface area contributed by atoms with Crippen LogP contribution in [0.4, 0.5) is 0 Å². The predicted octanol–water partition coefficient (Wildman–Crippen LogP) is 4.06. The standard InChI is InChI=1S/C18H31NO/c1-6-7-17(8-9-20)12-19-16(5)18-11-14(3)13(2)10-15(18)4/h10-11,16-17,19-20H,6-9,12H2,1-5H3. The molecule has 20 heavy (non-hydrogen) atoms. The summed E-state index contributed by atoms with van der Waals surface area (Å²) in [6, 6.07) is 4.95. The highest BCUT2D eigenvalue weighted by Crippen LogP contribution is 2.22. The normalized spacial score (nSPS) is 14.3. The molecule has 1 rings (SSSR count). The lowest BCUT2D eigenvalue weighted by Crippen LogP contribution is -2.27. The molecular formula is C18H31NO. The summed E-state index contributed by atoms with van der Waals surface area (Å²) in [6.45, 7) is 12.3. The van der Waals surface area contributed by atoms with Gasteiger partial charge in [0.2, 0.25) is 0 Å². The molecule has 0 fully saturated rings. The smallest absolute Gasteiger partial charge is 0.0434 e. The van der Waals surface area contributed by atoms with Gasteiger partial charge in [-0.05, 0) is 75.3 Å². The number of aliphatic hydroxyl groups excluding tert-OH is 1. The quantitative estimate of drug-likeness (QED) is 0.751. The lowest BCUT2D eigenvalue weighted by Gasteiger charge is -2.22. The molecule has 0 amide bonds. The monoisotopic (exact) mass is 277 g/mol. The van der Waals surface area contributed by atoms with Crippen molar-refractivity contribution in [2.45, 2.75) is 59.9 Å². The van der Waals surface area contributed by atoms with Gasteiger partial charge in [0.05, 0.1) is 0 Å². The summed E-state index contributed by atoms with van der Waals surface area (Å²) in [7, 11) is 0. The molecule has 2 atom stereocenters. The van der Waals surface area contributed by atoms with E-state index < -0.39 is 0 Å². The first-order valence-electron chi connectivity index (χ1n) is 7.91. The summed E-state index contributed by atoms with van der Waals surface area (Å²) in [5.41, 5.74) is 5.48. The van der Waals surface area contributed by atoms with Gasteiger partial charge >= 0.3 is 0 Å². The molecule has 1 aromatic carbocycles. The predicted molar refractivity (Wildman–Crippen MR) is 87.2 cm³/mol. The van der Waals surface area contributed by atoms with Crippen molar-refractivity contribution in [1.82, 2.24) is 5.32 Å². The zero-order valence-corrected chi connectivity index (χ0v) is 13.8. The molecule has 0 bridgehead atoms. The van der Waals surface area contributed by atoms with Gasteiger partial charge in [0.15, 0.2) is 0 Å². The molecule has 0 heterocycles. The molecule has 0 radical (unpaired) electrons. The number of benzene rings is 1. The Kier molecular flexibility index (Phi) is 7.25. The van der Waals surface area contributed by atoms with E-state index in [1.165, 1.54) is 35.1 Å². The van der Waals surface area contributed by atoms with Crippen molar-refractivity contribution in [3.8, 4) is 0 Å². The van der Waals surface area contributed by atoms with E-state index >= 15 is 0 Å². The van der Waals surface area contributed by atoms with Crippen molar-refractivity contribution in [3.05, 3.63) is 34.4 Å². The Morgan fingerprint density at radius 3 is 2.30 bits per heavy atom. The first kappa shape index (κ1) is 17.2. The van der Waals surface area contributed by atoms with Crippen LogP contribution in [0.25, 0.3) is 0 Å². The zero-order valence-electron chi connectivity index (χ0n) is 13.8. The summed E-state index contributed by atoms with van der Waals surface area (Å²) >= 11 is 0. The van der Waals surface area contributed by atoms with Crippen LogP contribution in [0.2, 0.25) is 0 Å². The van der Waals surface area contributed by atoms with Gasteiger partial charge in [-0.3, -0.25) is 0 Å². The Hall–Kier alpha value is -0.860. The second-order valence-electron chi connectivity index (χ2n) is 6.09. The van der Waals surface area contributed by atoms with Gasteiger partial charge in [0.1, 0.15) is 0 Å². The molecule has 114 valence electrons. The van der Waals surface area contributed by atoms with Gasteiger partial charge in [-0.25, -0.2) is 0 Å². The van der Waals surface area contributed by atoms with E-state index in [4.69, 9.17) is 5.11 Å². The third-order valence-electron chi connectivity index (χ3n) is 4.30. The summed E-state index contributed by atoms with van der Waals surface area (Å²) in [5.74, 6) is 0.583. The van der Waals surface area contributed by atoms with E-state index in [1.54, 1.807) is 0 Å². The van der Waals surface area contributed by atoms with Gasteiger partial charge in [-0.2, -0.15) is 0 Å². The van der Waals surface area contributed by atoms with Crippen LogP contribution in [0.3, 0.4) is 0 Å². The van der Waals surface area contributed by atoms with E-state index in [2.05, 4.69) is 52.1 Å². The fourth-order valence-corrected chi connectivity index (χ4v) is 2.84. The Labute approximate surface area is 124 Å². The number of rotatable bonds is 8. The molecule has 2 nitrogen and oxygen atoms in total. The van der Waals surface area contributed by atoms with E-state index in [1.807, 2.05) is 0 Å². The number of aryl methyl sites for hydroxylation is 3. The van der Waals surface area contributed by atoms with Crippen LogP contribution in [0, 0.1) is 26.7 Å². The number of aliphatic hydroxyl groups is 1. The van der Waals surface area contributed by atoms with Gasteiger partial charge in [-0.1, -0.05) is 25.5 Å². The van der Waals surface area contributed by atoms with Crippen LogP contribution in [0.5, 0.6) is 0 Å². The minimum absolute atomic E-state index is 0.295. The fourth-order valence-electron chi connectivity index (χ4n) is 2.84. The second kappa shape index (κ2) is 8.43. The van der Waals surface area contributed by atoms with Gasteiger partial charge in [0.25, 0.3) is 0 Å². The Balaban J connectivity index is 2.66. The average Bonchev–Trinajstić information content (AvgIpc) is 2.40. The third-order valence-corrected chi connectivity index (χ3v) is 4.30. The van der Waals surface area contributed by atoms with Crippen molar-refractivity contribution in [3.63, 3.8) is 0 Å². The maximum absolute atomic E-state index is 9.13. The highest BCUT2D eigenvalue weighted by Gasteiger charge is 2.13. The number of hydrogen-bond donors (Lipinski definition) is 2. The zero-order chi connectivity index (χ0) is 15.1. The maximum atomic E-state index is 9.13. The van der Waals surface area contributed by atoms with E-state index in [9.17, 15) is 0 Å². The first-order valence-corrected chi connectivity index (χ1v) is 7.91. The summed E-state index contributed by atoms with van der Waals surface area (Å²) in [4.78, 5) is 0. The number of nitrogens with one attached hydrogen (secondary N) is 1. The van der Waals surface area contributed by atoms with Gasteiger partial charge in [-0.15, -0.1) is 0 Å². The lowest BCUT2D eigenvalue weighted by atomic mass is 9.95. The highest BCUT2D eigenvalue weighted by atomic mass is 16.3. The molecule has 0 spiro atoms. The summed E-state index contributed by atoms with van der Waals surface area (Å²) in [5, 5.41) is 12.8. The minimum Gasteiger partial charge on any atom is -0.396 e. The Morgan fingerprint density at radius 1 is 1.05 bits per heavy atom. The van der Waals surface area contributed by atoms with Crippen LogP contribution in [0.1, 0.15) is 61.4 Å².